The number of amides is 2. The van der Waals surface area contributed by atoms with Gasteiger partial charge in [-0.2, -0.15) is 0 Å². The number of fused-ring (bicyclic) bond motifs is 3. The molecule has 3 aliphatic heterocycles. The minimum absolute atomic E-state index is 0.217. The fourth-order valence-electron chi connectivity index (χ4n) is 3.68. The van der Waals surface area contributed by atoms with Crippen molar-refractivity contribution in [2.24, 2.45) is 4.99 Å². The molecule has 3 heterocycles. The van der Waals surface area contributed by atoms with E-state index in [4.69, 9.17) is 0 Å². The summed E-state index contributed by atoms with van der Waals surface area (Å²) in [6.45, 7) is 0.217. The van der Waals surface area contributed by atoms with Crippen LogP contribution in [0.25, 0.3) is 6.08 Å². The Kier molecular flexibility index (Phi) is 3.01. The Hall–Kier alpha value is -2.74. The van der Waals surface area contributed by atoms with Crippen molar-refractivity contribution in [1.82, 2.24) is 9.96 Å². The van der Waals surface area contributed by atoms with Crippen molar-refractivity contribution >= 4 is 23.9 Å². The molecule has 2 N–H and O–H groups in total. The average Bonchev–Trinajstić information content (AvgIpc) is 3.08. The molecule has 2 amide bonds. The third-order valence-electron chi connectivity index (χ3n) is 4.95. The molecule has 0 aromatic heterocycles. The molecule has 4 rings (SSSR count). The van der Waals surface area contributed by atoms with Gasteiger partial charge in [-0.3, -0.25) is 15.0 Å². The number of para-hydroxylation sites is 1. The molecular formula is C16H15N3O5. The first-order chi connectivity index (χ1) is 11.4. The number of carbonyl (C=O) groups excluding carboxylic acids is 2. The molecule has 0 spiro atoms. The van der Waals surface area contributed by atoms with Gasteiger partial charge in [0.2, 0.25) is 5.54 Å². The minimum Gasteiger partial charge on any atom is -0.479 e. The van der Waals surface area contributed by atoms with Gasteiger partial charge in [-0.15, -0.1) is 0 Å². The van der Waals surface area contributed by atoms with E-state index in [0.717, 1.165) is 0 Å². The average molecular weight is 329 g/mol. The van der Waals surface area contributed by atoms with Crippen LogP contribution in [0.2, 0.25) is 0 Å². The lowest BCUT2D eigenvalue weighted by Gasteiger charge is -2.32. The summed E-state index contributed by atoms with van der Waals surface area (Å²) in [5, 5.41) is 21.1. The van der Waals surface area contributed by atoms with E-state index in [0.29, 0.717) is 28.5 Å². The van der Waals surface area contributed by atoms with Gasteiger partial charge in [0, 0.05) is 6.54 Å². The van der Waals surface area contributed by atoms with Crippen molar-refractivity contribution in [2.75, 3.05) is 6.54 Å². The van der Waals surface area contributed by atoms with Crippen LogP contribution in [0.5, 0.6) is 0 Å². The second kappa shape index (κ2) is 4.88. The van der Waals surface area contributed by atoms with Crippen LogP contribution < -0.4 is 10.6 Å². The van der Waals surface area contributed by atoms with Gasteiger partial charge in [0.1, 0.15) is 0 Å². The fourth-order valence-corrected chi connectivity index (χ4v) is 3.68. The zero-order valence-corrected chi connectivity index (χ0v) is 12.6. The summed E-state index contributed by atoms with van der Waals surface area (Å²) in [4.78, 5) is 42.5. The Bertz CT molecular complexity index is 845. The van der Waals surface area contributed by atoms with E-state index in [1.165, 1.54) is 11.0 Å². The molecule has 3 aliphatic rings. The normalized spacial score (nSPS) is 30.6. The lowest BCUT2D eigenvalue weighted by molar-refractivity contribution is -0.146. The lowest BCUT2D eigenvalue weighted by atomic mass is 9.85. The summed E-state index contributed by atoms with van der Waals surface area (Å²) in [5.74, 6) is -2.01. The van der Waals surface area contributed by atoms with Crippen molar-refractivity contribution in [3.05, 3.63) is 34.8 Å². The predicted molar refractivity (Wildman–Crippen MR) is 79.6 cm³/mol. The Morgan fingerprint density at radius 3 is 2.71 bits per heavy atom. The number of Topliss-reactive ketones (excluding diaryl/α,β-unsaturated/α-hetero) is 1. The van der Waals surface area contributed by atoms with E-state index in [1.54, 1.807) is 24.3 Å². The third kappa shape index (κ3) is 1.83. The molecule has 8 heteroatoms. The Labute approximate surface area is 136 Å². The third-order valence-corrected chi connectivity index (χ3v) is 4.95. The molecule has 1 aromatic carbocycles. The van der Waals surface area contributed by atoms with E-state index < -0.39 is 29.4 Å². The Balaban J connectivity index is 1.77. The molecule has 0 aliphatic carbocycles. The molecule has 1 aromatic rings. The first-order valence-corrected chi connectivity index (χ1v) is 7.68. The van der Waals surface area contributed by atoms with Gasteiger partial charge in [-0.05, 0) is 30.2 Å². The number of carboxylic acids is 1. The number of hydrogen-bond donors (Lipinski definition) is 2. The van der Waals surface area contributed by atoms with Gasteiger partial charge in [0.15, 0.2) is 5.78 Å². The van der Waals surface area contributed by atoms with Crippen molar-refractivity contribution in [2.45, 2.75) is 30.5 Å². The summed E-state index contributed by atoms with van der Waals surface area (Å²) >= 11 is 0. The molecule has 2 fully saturated rings. The van der Waals surface area contributed by atoms with Crippen molar-refractivity contribution in [1.29, 1.82) is 0 Å². The van der Waals surface area contributed by atoms with Gasteiger partial charge >= 0.3 is 12.0 Å². The number of ketones is 1. The van der Waals surface area contributed by atoms with E-state index >= 15 is 0 Å². The minimum atomic E-state index is -2.02. The number of carbonyl (C=O) groups is 3. The van der Waals surface area contributed by atoms with Crippen LogP contribution in [0.15, 0.2) is 29.3 Å². The number of aliphatic carboxylic acids is 1. The van der Waals surface area contributed by atoms with Crippen molar-refractivity contribution in [3.8, 4) is 0 Å². The number of carboxylic acid groups (broad SMARTS) is 1. The standard InChI is InChI=1S/C16H15N3O5/c20-13(12-6-5-10-8-18(12)15(23)19(10)24)16(14(21)22)7-9-3-1-2-4-11(9)17-16/h1-4,7,10,12,24H,5-6,8H2,(H,21,22)/t10-,12+,16?/m1/s1. The zero-order chi connectivity index (χ0) is 17.1. The summed E-state index contributed by atoms with van der Waals surface area (Å²) in [5.41, 5.74) is -2.02. The molecule has 2 saturated heterocycles. The number of urea groups is 1. The summed E-state index contributed by atoms with van der Waals surface area (Å²) in [7, 11) is 0. The molecule has 8 nitrogen and oxygen atoms in total. The molecule has 124 valence electrons. The maximum Gasteiger partial charge on any atom is 0.344 e. The Morgan fingerprint density at radius 2 is 2.00 bits per heavy atom. The smallest absolute Gasteiger partial charge is 0.344 e. The van der Waals surface area contributed by atoms with Crippen LogP contribution >= 0.6 is 0 Å². The first-order valence-electron chi connectivity index (χ1n) is 7.68. The Morgan fingerprint density at radius 1 is 1.25 bits per heavy atom. The number of hydrogen-bond acceptors (Lipinski definition) is 5. The molecule has 24 heavy (non-hydrogen) atoms. The highest BCUT2D eigenvalue weighted by Crippen LogP contribution is 2.32. The number of hydroxylamine groups is 2. The zero-order valence-electron chi connectivity index (χ0n) is 12.6. The van der Waals surface area contributed by atoms with E-state index in [2.05, 4.69) is 4.99 Å². The molecular weight excluding hydrogens is 314 g/mol. The van der Waals surface area contributed by atoms with Crippen molar-refractivity contribution < 1.29 is 24.7 Å². The SMILES string of the molecule is O=C1N(O)[C@@H]2CC[C@@H](C(=O)C3(C(=O)O)C=c4ccccc4=N3)N1C2. The highest BCUT2D eigenvalue weighted by atomic mass is 16.5. The second-order valence-corrected chi connectivity index (χ2v) is 6.28. The van der Waals surface area contributed by atoms with Crippen LogP contribution in [-0.2, 0) is 9.59 Å². The number of piperidine rings is 1. The summed E-state index contributed by atoms with van der Waals surface area (Å²) in [6, 6.07) is 4.90. The number of rotatable bonds is 3. The number of nitrogens with zero attached hydrogens (tertiary/aromatic N) is 3. The first kappa shape index (κ1) is 14.8. The summed E-state index contributed by atoms with van der Waals surface area (Å²) < 4.78 is 0. The lowest BCUT2D eigenvalue weighted by Crippen LogP contribution is -2.55. The van der Waals surface area contributed by atoms with Gasteiger partial charge in [0.05, 0.1) is 17.4 Å². The summed E-state index contributed by atoms with van der Waals surface area (Å²) in [6.07, 6.45) is 2.09. The highest BCUT2D eigenvalue weighted by Gasteiger charge is 2.54. The number of benzene rings is 1. The van der Waals surface area contributed by atoms with Crippen LogP contribution in [0, 0.1) is 0 Å². The van der Waals surface area contributed by atoms with Gasteiger partial charge in [0.25, 0.3) is 0 Å². The van der Waals surface area contributed by atoms with Crippen LogP contribution in [0.1, 0.15) is 12.8 Å². The highest BCUT2D eigenvalue weighted by molar-refractivity contribution is 6.17. The fraction of sp³-hybridized carbons (Fsp3) is 0.375. The van der Waals surface area contributed by atoms with Gasteiger partial charge < -0.3 is 10.0 Å². The quantitative estimate of drug-likeness (QED) is 0.554. The van der Waals surface area contributed by atoms with Crippen LogP contribution in [-0.4, -0.2) is 62.2 Å². The molecule has 0 radical (unpaired) electrons. The van der Waals surface area contributed by atoms with Crippen LogP contribution in [0.3, 0.4) is 0 Å². The second-order valence-electron chi connectivity index (χ2n) is 6.28. The predicted octanol–water partition coefficient (Wildman–Crippen LogP) is -0.849. The van der Waals surface area contributed by atoms with E-state index in [-0.39, 0.29) is 12.6 Å². The molecule has 3 atom stereocenters. The molecule has 0 saturated carbocycles. The maximum absolute atomic E-state index is 13.1. The van der Waals surface area contributed by atoms with Gasteiger partial charge in [-0.25, -0.2) is 14.7 Å². The maximum atomic E-state index is 13.1. The van der Waals surface area contributed by atoms with Crippen LogP contribution in [0.4, 0.5) is 4.79 Å². The molecule has 2 bridgehead atoms. The molecule has 1 unspecified atom stereocenters. The topological polar surface area (TPSA) is 111 Å². The van der Waals surface area contributed by atoms with E-state index in [1.807, 2.05) is 0 Å². The van der Waals surface area contributed by atoms with E-state index in [9.17, 15) is 24.7 Å². The van der Waals surface area contributed by atoms with Crippen molar-refractivity contribution in [3.63, 3.8) is 0 Å². The monoisotopic (exact) mass is 329 g/mol. The largest absolute Gasteiger partial charge is 0.479 e. The van der Waals surface area contributed by atoms with Gasteiger partial charge in [-0.1, -0.05) is 18.2 Å².